The highest BCUT2D eigenvalue weighted by Gasteiger charge is 2.34. The number of benzene rings is 1. The SMILES string of the molecule is O=C(O)[C@H]1CCN(C(=O)c2ccc(-n3ccc(C(F)(F)F)n3)cc2)C1. The third kappa shape index (κ3) is 3.49. The van der Waals surface area contributed by atoms with E-state index in [1.54, 1.807) is 0 Å². The van der Waals surface area contributed by atoms with Crippen LogP contribution < -0.4 is 0 Å². The number of halogens is 3. The van der Waals surface area contributed by atoms with Crippen molar-refractivity contribution in [1.29, 1.82) is 0 Å². The van der Waals surface area contributed by atoms with Crippen molar-refractivity contribution in [2.45, 2.75) is 12.6 Å². The van der Waals surface area contributed by atoms with Crippen molar-refractivity contribution in [2.75, 3.05) is 13.1 Å². The van der Waals surface area contributed by atoms with Crippen LogP contribution in [-0.2, 0) is 11.0 Å². The molecule has 0 radical (unpaired) electrons. The van der Waals surface area contributed by atoms with Gasteiger partial charge in [-0.15, -0.1) is 0 Å². The van der Waals surface area contributed by atoms with E-state index in [1.807, 2.05) is 0 Å². The predicted octanol–water partition coefficient (Wildman–Crippen LogP) is 2.44. The Morgan fingerprint density at radius 3 is 2.36 bits per heavy atom. The summed E-state index contributed by atoms with van der Waals surface area (Å²) < 4.78 is 38.8. The minimum atomic E-state index is -4.52. The summed E-state index contributed by atoms with van der Waals surface area (Å²) in [5, 5.41) is 12.4. The molecule has 1 atom stereocenters. The van der Waals surface area contributed by atoms with E-state index < -0.39 is 23.8 Å². The van der Waals surface area contributed by atoms with Crippen molar-refractivity contribution < 1.29 is 27.9 Å². The molecule has 1 saturated heterocycles. The van der Waals surface area contributed by atoms with Gasteiger partial charge in [-0.2, -0.15) is 18.3 Å². The molecule has 1 aliphatic rings. The monoisotopic (exact) mass is 353 g/mol. The highest BCUT2D eigenvalue weighted by atomic mass is 19.4. The van der Waals surface area contributed by atoms with Crippen LogP contribution in [0.15, 0.2) is 36.5 Å². The largest absolute Gasteiger partial charge is 0.481 e. The van der Waals surface area contributed by atoms with Crippen molar-refractivity contribution in [3.63, 3.8) is 0 Å². The number of carboxylic acid groups (broad SMARTS) is 1. The molecule has 2 aromatic rings. The van der Waals surface area contributed by atoms with Crippen molar-refractivity contribution in [3.05, 3.63) is 47.8 Å². The summed E-state index contributed by atoms with van der Waals surface area (Å²) in [6, 6.07) is 6.83. The molecule has 9 heteroatoms. The summed E-state index contributed by atoms with van der Waals surface area (Å²) in [7, 11) is 0. The minimum absolute atomic E-state index is 0.157. The number of hydrogen-bond donors (Lipinski definition) is 1. The first-order valence-electron chi connectivity index (χ1n) is 7.51. The van der Waals surface area contributed by atoms with Gasteiger partial charge in [0.25, 0.3) is 5.91 Å². The lowest BCUT2D eigenvalue weighted by Crippen LogP contribution is -2.29. The molecule has 1 amide bonds. The van der Waals surface area contributed by atoms with Gasteiger partial charge >= 0.3 is 12.1 Å². The number of amides is 1. The van der Waals surface area contributed by atoms with Gasteiger partial charge in [0.15, 0.2) is 5.69 Å². The van der Waals surface area contributed by atoms with Crippen LogP contribution in [0.3, 0.4) is 0 Å². The third-order valence-corrected chi connectivity index (χ3v) is 4.08. The van der Waals surface area contributed by atoms with Crippen LogP contribution in [0.4, 0.5) is 13.2 Å². The molecule has 0 bridgehead atoms. The number of alkyl halides is 3. The highest BCUT2D eigenvalue weighted by molar-refractivity contribution is 5.95. The second kappa shape index (κ2) is 6.23. The van der Waals surface area contributed by atoms with Crippen molar-refractivity contribution >= 4 is 11.9 Å². The maximum Gasteiger partial charge on any atom is 0.435 e. The Kier molecular flexibility index (Phi) is 4.23. The summed E-state index contributed by atoms with van der Waals surface area (Å²) in [4.78, 5) is 24.8. The molecule has 1 aromatic carbocycles. The van der Waals surface area contributed by atoms with E-state index in [2.05, 4.69) is 5.10 Å². The number of hydrogen-bond acceptors (Lipinski definition) is 3. The summed E-state index contributed by atoms with van der Waals surface area (Å²) in [6.45, 7) is 0.523. The number of rotatable bonds is 3. The van der Waals surface area contributed by atoms with Crippen LogP contribution in [0.5, 0.6) is 0 Å². The topological polar surface area (TPSA) is 75.4 Å². The number of likely N-dealkylation sites (tertiary alicyclic amines) is 1. The van der Waals surface area contributed by atoms with E-state index in [1.165, 1.54) is 35.4 Å². The Bertz CT molecular complexity index is 799. The average molecular weight is 353 g/mol. The Balaban J connectivity index is 1.73. The Morgan fingerprint density at radius 1 is 1.16 bits per heavy atom. The van der Waals surface area contributed by atoms with Crippen molar-refractivity contribution in [2.24, 2.45) is 5.92 Å². The first-order chi connectivity index (χ1) is 11.8. The first-order valence-corrected chi connectivity index (χ1v) is 7.51. The second-order valence-electron chi connectivity index (χ2n) is 5.77. The van der Waals surface area contributed by atoms with E-state index >= 15 is 0 Å². The molecule has 2 heterocycles. The van der Waals surface area contributed by atoms with Gasteiger partial charge in [0.05, 0.1) is 11.6 Å². The smallest absolute Gasteiger partial charge is 0.435 e. The van der Waals surface area contributed by atoms with Gasteiger partial charge in [0, 0.05) is 24.8 Å². The number of carbonyl (C=O) groups excluding carboxylic acids is 1. The van der Waals surface area contributed by atoms with Gasteiger partial charge in [-0.3, -0.25) is 9.59 Å². The molecule has 25 heavy (non-hydrogen) atoms. The summed E-state index contributed by atoms with van der Waals surface area (Å²) in [6.07, 6.45) is -2.91. The zero-order valence-electron chi connectivity index (χ0n) is 12.9. The summed E-state index contributed by atoms with van der Waals surface area (Å²) >= 11 is 0. The molecule has 0 unspecified atom stereocenters. The molecule has 6 nitrogen and oxygen atoms in total. The Morgan fingerprint density at radius 2 is 1.84 bits per heavy atom. The molecular formula is C16H14F3N3O3. The van der Waals surface area contributed by atoms with Gasteiger partial charge in [-0.1, -0.05) is 0 Å². The van der Waals surface area contributed by atoms with Gasteiger partial charge < -0.3 is 10.0 Å². The molecule has 1 aliphatic heterocycles. The second-order valence-corrected chi connectivity index (χ2v) is 5.77. The number of carboxylic acids is 1. The van der Waals surface area contributed by atoms with Crippen LogP contribution in [-0.4, -0.2) is 44.8 Å². The fourth-order valence-corrected chi connectivity index (χ4v) is 2.70. The molecular weight excluding hydrogens is 339 g/mol. The van der Waals surface area contributed by atoms with E-state index in [9.17, 15) is 22.8 Å². The van der Waals surface area contributed by atoms with E-state index in [0.717, 1.165) is 10.7 Å². The zero-order chi connectivity index (χ0) is 18.2. The molecule has 132 valence electrons. The molecule has 0 aliphatic carbocycles. The van der Waals surface area contributed by atoms with Crippen molar-refractivity contribution in [3.8, 4) is 5.69 Å². The summed E-state index contributed by atoms with van der Waals surface area (Å²) in [5.41, 5.74) is -0.265. The highest BCUT2D eigenvalue weighted by Crippen LogP contribution is 2.28. The van der Waals surface area contributed by atoms with Gasteiger partial charge in [-0.05, 0) is 36.8 Å². The Labute approximate surface area is 140 Å². The van der Waals surface area contributed by atoms with Crippen LogP contribution in [0.25, 0.3) is 5.69 Å². The van der Waals surface area contributed by atoms with Crippen LogP contribution in [0.1, 0.15) is 22.5 Å². The number of nitrogens with zero attached hydrogens (tertiary/aromatic N) is 3. The quantitative estimate of drug-likeness (QED) is 0.920. The van der Waals surface area contributed by atoms with E-state index in [-0.39, 0.29) is 12.5 Å². The van der Waals surface area contributed by atoms with E-state index in [0.29, 0.717) is 24.2 Å². The van der Waals surface area contributed by atoms with Crippen LogP contribution >= 0.6 is 0 Å². The molecule has 1 fully saturated rings. The van der Waals surface area contributed by atoms with Gasteiger partial charge in [0.1, 0.15) is 0 Å². The zero-order valence-corrected chi connectivity index (χ0v) is 12.9. The fraction of sp³-hybridized carbons (Fsp3) is 0.312. The third-order valence-electron chi connectivity index (χ3n) is 4.08. The normalized spacial score (nSPS) is 17.7. The lowest BCUT2D eigenvalue weighted by atomic mass is 10.1. The molecule has 1 aromatic heterocycles. The van der Waals surface area contributed by atoms with Crippen LogP contribution in [0, 0.1) is 5.92 Å². The van der Waals surface area contributed by atoms with Gasteiger partial charge in [-0.25, -0.2) is 4.68 Å². The number of aromatic nitrogens is 2. The predicted molar refractivity (Wildman–Crippen MR) is 80.2 cm³/mol. The standard InChI is InChI=1S/C16H14F3N3O3/c17-16(18,19)13-6-8-22(20-13)12-3-1-10(2-4-12)14(23)21-7-5-11(9-21)15(24)25/h1-4,6,8,11H,5,7,9H2,(H,24,25)/t11-/m0/s1. The average Bonchev–Trinajstić information content (AvgIpc) is 3.23. The summed E-state index contributed by atoms with van der Waals surface area (Å²) in [5.74, 6) is -1.79. The lowest BCUT2D eigenvalue weighted by molar-refractivity contribution is -0.142. The first kappa shape index (κ1) is 17.0. The maximum absolute atomic E-state index is 12.6. The fourth-order valence-electron chi connectivity index (χ4n) is 2.70. The van der Waals surface area contributed by atoms with E-state index in [4.69, 9.17) is 5.11 Å². The van der Waals surface area contributed by atoms with Gasteiger partial charge in [0.2, 0.25) is 0 Å². The Hall–Kier alpha value is -2.84. The molecule has 0 spiro atoms. The molecule has 1 N–H and O–H groups in total. The minimum Gasteiger partial charge on any atom is -0.481 e. The maximum atomic E-state index is 12.6. The van der Waals surface area contributed by atoms with Crippen molar-refractivity contribution in [1.82, 2.24) is 14.7 Å². The molecule has 3 rings (SSSR count). The lowest BCUT2D eigenvalue weighted by Gasteiger charge is -2.16. The molecule has 0 saturated carbocycles. The number of carbonyl (C=O) groups is 2. The number of aliphatic carboxylic acids is 1. The van der Waals surface area contributed by atoms with Crippen LogP contribution in [0.2, 0.25) is 0 Å².